The van der Waals surface area contributed by atoms with E-state index >= 15 is 0 Å². The highest BCUT2D eigenvalue weighted by atomic mass is 16.5. The van der Waals surface area contributed by atoms with Gasteiger partial charge in [-0.25, -0.2) is 4.98 Å². The number of hydrogen-bond acceptors (Lipinski definition) is 6. The highest BCUT2D eigenvalue weighted by Gasteiger charge is 2.23. The first-order chi connectivity index (χ1) is 13.3. The lowest BCUT2D eigenvalue weighted by Gasteiger charge is -2.35. The summed E-state index contributed by atoms with van der Waals surface area (Å²) in [7, 11) is 0. The van der Waals surface area contributed by atoms with Crippen molar-refractivity contribution in [3.05, 3.63) is 11.8 Å². The highest BCUT2D eigenvalue weighted by molar-refractivity contribution is 5.47. The summed E-state index contributed by atoms with van der Waals surface area (Å²) < 4.78 is 5.47. The zero-order valence-corrected chi connectivity index (χ0v) is 16.8. The van der Waals surface area contributed by atoms with Gasteiger partial charge in [-0.15, -0.1) is 0 Å². The van der Waals surface area contributed by atoms with Crippen LogP contribution in [-0.4, -0.2) is 61.9 Å². The van der Waals surface area contributed by atoms with Crippen molar-refractivity contribution in [2.75, 3.05) is 55.7 Å². The molecular weight excluding hydrogens is 338 g/mol. The van der Waals surface area contributed by atoms with Crippen LogP contribution in [0, 0.1) is 5.92 Å². The molecule has 0 unspecified atom stereocenters. The van der Waals surface area contributed by atoms with Crippen molar-refractivity contribution in [2.24, 2.45) is 5.92 Å². The van der Waals surface area contributed by atoms with Gasteiger partial charge in [0.15, 0.2) is 0 Å². The molecule has 150 valence electrons. The molecule has 27 heavy (non-hydrogen) atoms. The number of rotatable bonds is 6. The average Bonchev–Trinajstić information content (AvgIpc) is 3.28. The molecule has 6 heteroatoms. The summed E-state index contributed by atoms with van der Waals surface area (Å²) in [4.78, 5) is 14.5. The Morgan fingerprint density at radius 3 is 2.44 bits per heavy atom. The summed E-state index contributed by atoms with van der Waals surface area (Å²) in [5, 5.41) is 3.82. The van der Waals surface area contributed by atoms with Crippen LogP contribution in [-0.2, 0) is 11.2 Å². The molecule has 4 rings (SSSR count). The summed E-state index contributed by atoms with van der Waals surface area (Å²) in [6.07, 6.45) is 8.33. The second-order valence-corrected chi connectivity index (χ2v) is 8.29. The van der Waals surface area contributed by atoms with Crippen molar-refractivity contribution >= 4 is 11.8 Å². The van der Waals surface area contributed by atoms with Crippen LogP contribution in [0.25, 0.3) is 0 Å². The number of anilines is 2. The zero-order valence-electron chi connectivity index (χ0n) is 16.8. The van der Waals surface area contributed by atoms with Gasteiger partial charge in [0.25, 0.3) is 0 Å². The van der Waals surface area contributed by atoms with Gasteiger partial charge in [0, 0.05) is 57.2 Å². The lowest BCUT2D eigenvalue weighted by atomic mass is 9.98. The van der Waals surface area contributed by atoms with Crippen LogP contribution >= 0.6 is 0 Å². The zero-order chi connectivity index (χ0) is 18.5. The Morgan fingerprint density at radius 1 is 1.00 bits per heavy atom. The summed E-state index contributed by atoms with van der Waals surface area (Å²) >= 11 is 0. The van der Waals surface area contributed by atoms with E-state index in [0.717, 1.165) is 70.0 Å². The molecule has 1 N–H and O–H groups in total. The van der Waals surface area contributed by atoms with Gasteiger partial charge < -0.3 is 19.9 Å². The fraction of sp³-hybridized carbons (Fsp3) is 0.810. The van der Waals surface area contributed by atoms with E-state index in [1.54, 1.807) is 0 Å². The van der Waals surface area contributed by atoms with Crippen LogP contribution in [0.2, 0.25) is 0 Å². The monoisotopic (exact) mass is 373 g/mol. The third-order valence-corrected chi connectivity index (χ3v) is 6.36. The quantitative estimate of drug-likeness (QED) is 0.827. The molecule has 0 amide bonds. The van der Waals surface area contributed by atoms with Gasteiger partial charge in [0.2, 0.25) is 5.95 Å². The van der Waals surface area contributed by atoms with Crippen molar-refractivity contribution in [1.29, 1.82) is 0 Å². The SMILES string of the molecule is CCc1cc(N2CCC(NCC3CCOCC3)CC2)nc(N2CCCC2)n1. The Balaban J connectivity index is 1.32. The van der Waals surface area contributed by atoms with Gasteiger partial charge in [-0.2, -0.15) is 4.98 Å². The van der Waals surface area contributed by atoms with Crippen molar-refractivity contribution < 1.29 is 4.74 Å². The topological polar surface area (TPSA) is 53.5 Å². The minimum absolute atomic E-state index is 0.648. The summed E-state index contributed by atoms with van der Waals surface area (Å²) in [5.41, 5.74) is 1.17. The normalized spacial score (nSPS) is 22.6. The van der Waals surface area contributed by atoms with E-state index in [9.17, 15) is 0 Å². The highest BCUT2D eigenvalue weighted by Crippen LogP contribution is 2.24. The molecule has 1 aromatic rings. The molecule has 0 atom stereocenters. The predicted molar refractivity (Wildman–Crippen MR) is 110 cm³/mol. The van der Waals surface area contributed by atoms with Crippen molar-refractivity contribution in [1.82, 2.24) is 15.3 Å². The van der Waals surface area contributed by atoms with E-state index in [4.69, 9.17) is 14.7 Å². The molecule has 0 spiro atoms. The lowest BCUT2D eigenvalue weighted by Crippen LogP contribution is -2.44. The molecule has 0 aromatic carbocycles. The third-order valence-electron chi connectivity index (χ3n) is 6.36. The van der Waals surface area contributed by atoms with Gasteiger partial charge >= 0.3 is 0 Å². The van der Waals surface area contributed by atoms with Crippen LogP contribution < -0.4 is 15.1 Å². The van der Waals surface area contributed by atoms with E-state index in [0.29, 0.717) is 6.04 Å². The first kappa shape index (κ1) is 18.9. The van der Waals surface area contributed by atoms with Gasteiger partial charge in [-0.05, 0) is 57.4 Å². The second kappa shape index (κ2) is 9.20. The molecular formula is C21H35N5O. The number of piperidine rings is 1. The summed E-state index contributed by atoms with van der Waals surface area (Å²) in [5.74, 6) is 2.88. The van der Waals surface area contributed by atoms with E-state index in [-0.39, 0.29) is 0 Å². The van der Waals surface area contributed by atoms with E-state index in [2.05, 4.69) is 28.1 Å². The van der Waals surface area contributed by atoms with Crippen LogP contribution in [0.1, 0.15) is 51.1 Å². The van der Waals surface area contributed by atoms with Gasteiger partial charge in [-0.1, -0.05) is 6.92 Å². The molecule has 0 aliphatic carbocycles. The Labute approximate surface area is 163 Å². The molecule has 3 saturated heterocycles. The smallest absolute Gasteiger partial charge is 0.227 e. The van der Waals surface area contributed by atoms with Crippen LogP contribution in [0.3, 0.4) is 0 Å². The first-order valence-electron chi connectivity index (χ1n) is 11.0. The Kier molecular flexibility index (Phi) is 6.45. The molecule has 0 radical (unpaired) electrons. The maximum Gasteiger partial charge on any atom is 0.227 e. The number of ether oxygens (including phenoxy) is 1. The fourth-order valence-corrected chi connectivity index (χ4v) is 4.47. The minimum Gasteiger partial charge on any atom is -0.381 e. The molecule has 3 fully saturated rings. The largest absolute Gasteiger partial charge is 0.381 e. The van der Waals surface area contributed by atoms with Gasteiger partial charge in [0.1, 0.15) is 5.82 Å². The third kappa shape index (κ3) is 4.91. The standard InChI is InChI=1S/C21H35N5O/c1-2-18-15-20(24-21(23-18)26-9-3-4-10-26)25-11-5-19(6-12-25)22-16-17-7-13-27-14-8-17/h15,17,19,22H,2-14,16H2,1H3. The Hall–Kier alpha value is -1.40. The average molecular weight is 374 g/mol. The van der Waals surface area contributed by atoms with Crippen LogP contribution in [0.4, 0.5) is 11.8 Å². The maximum atomic E-state index is 5.47. The Morgan fingerprint density at radius 2 is 1.74 bits per heavy atom. The van der Waals surface area contributed by atoms with Crippen molar-refractivity contribution in [3.63, 3.8) is 0 Å². The van der Waals surface area contributed by atoms with Crippen molar-refractivity contribution in [3.8, 4) is 0 Å². The molecule has 1 aromatic heterocycles. The lowest BCUT2D eigenvalue weighted by molar-refractivity contribution is 0.0651. The van der Waals surface area contributed by atoms with E-state index < -0.39 is 0 Å². The maximum absolute atomic E-state index is 5.47. The van der Waals surface area contributed by atoms with Gasteiger partial charge in [0.05, 0.1) is 0 Å². The summed E-state index contributed by atoms with van der Waals surface area (Å²) in [6, 6.07) is 2.85. The van der Waals surface area contributed by atoms with E-state index in [1.165, 1.54) is 44.2 Å². The molecule has 6 nitrogen and oxygen atoms in total. The van der Waals surface area contributed by atoms with Crippen LogP contribution in [0.5, 0.6) is 0 Å². The molecule has 3 aliphatic rings. The Bertz CT molecular complexity index is 590. The number of nitrogens with zero attached hydrogens (tertiary/aromatic N) is 4. The van der Waals surface area contributed by atoms with Crippen molar-refractivity contribution in [2.45, 2.75) is 57.9 Å². The predicted octanol–water partition coefficient (Wildman–Crippen LogP) is 2.62. The first-order valence-corrected chi connectivity index (χ1v) is 11.0. The number of aryl methyl sites for hydroxylation is 1. The minimum atomic E-state index is 0.648. The molecule has 3 aliphatic heterocycles. The second-order valence-electron chi connectivity index (χ2n) is 8.29. The number of nitrogens with one attached hydrogen (secondary N) is 1. The fourth-order valence-electron chi connectivity index (χ4n) is 4.47. The van der Waals surface area contributed by atoms with Crippen LogP contribution in [0.15, 0.2) is 6.07 Å². The van der Waals surface area contributed by atoms with Gasteiger partial charge in [-0.3, -0.25) is 0 Å². The summed E-state index contributed by atoms with van der Waals surface area (Å²) in [6.45, 7) is 9.61. The molecule has 0 saturated carbocycles. The number of aromatic nitrogens is 2. The molecule has 0 bridgehead atoms. The molecule has 4 heterocycles. The van der Waals surface area contributed by atoms with E-state index in [1.807, 2.05) is 0 Å². The number of hydrogen-bond donors (Lipinski definition) is 1.